The number of carboxylic acid groups (broad SMARTS) is 1. The lowest BCUT2D eigenvalue weighted by molar-refractivity contribution is -0.193. The van der Waals surface area contributed by atoms with Crippen molar-refractivity contribution in [3.63, 3.8) is 0 Å². The van der Waals surface area contributed by atoms with Gasteiger partial charge in [-0.15, -0.1) is 0 Å². The van der Waals surface area contributed by atoms with Crippen molar-refractivity contribution in [3.8, 4) is 0 Å². The van der Waals surface area contributed by atoms with E-state index >= 15 is 0 Å². The Morgan fingerprint density at radius 1 is 0.949 bits per heavy atom. The second kappa shape index (κ2) is 16.8. The van der Waals surface area contributed by atoms with E-state index in [1.54, 1.807) is 24.3 Å². The summed E-state index contributed by atoms with van der Waals surface area (Å²) < 4.78 is 0. The zero-order valence-electron chi connectivity index (χ0n) is 37.6. The minimum Gasteiger partial charge on any atom is -0.481 e. The largest absolute Gasteiger partial charge is 0.481 e. The molecule has 8 nitrogen and oxygen atoms in total. The van der Waals surface area contributed by atoms with Gasteiger partial charge in [-0.1, -0.05) is 83.8 Å². The van der Waals surface area contributed by atoms with E-state index in [-0.39, 0.29) is 62.6 Å². The van der Waals surface area contributed by atoms with Crippen LogP contribution in [-0.4, -0.2) is 54.0 Å². The van der Waals surface area contributed by atoms with Crippen LogP contribution in [0.15, 0.2) is 35.4 Å². The molecule has 0 aliphatic heterocycles. The average molecular weight is 834 g/mol. The number of allylic oxidation sites excluding steroid dienone is 2. The summed E-state index contributed by atoms with van der Waals surface area (Å²) in [6.45, 7) is 21.1. The van der Waals surface area contributed by atoms with E-state index in [1.807, 2.05) is 14.0 Å². The Bertz CT molecular complexity index is 1850. The van der Waals surface area contributed by atoms with E-state index in [2.05, 4.69) is 66.0 Å². The summed E-state index contributed by atoms with van der Waals surface area (Å²) in [5.41, 5.74) is 2.87. The molecule has 326 valence electrons. The number of likely N-dealkylation sites (N-methyl/N-ethyl adjacent to an activating group) is 1. The average Bonchev–Trinajstić information content (AvgIpc) is 3.46. The van der Waals surface area contributed by atoms with Crippen LogP contribution in [0.1, 0.15) is 150 Å². The van der Waals surface area contributed by atoms with Gasteiger partial charge in [-0.05, 0) is 148 Å². The predicted molar refractivity (Wildman–Crippen MR) is 234 cm³/mol. The van der Waals surface area contributed by atoms with Crippen LogP contribution in [0, 0.1) is 74.9 Å². The molecular weight excluding hydrogens is 760 g/mol. The Hall–Kier alpha value is -2.84. The van der Waals surface area contributed by atoms with Crippen molar-refractivity contribution >= 4 is 41.3 Å². The Kier molecular flexibility index (Phi) is 13.0. The van der Waals surface area contributed by atoms with Crippen LogP contribution in [0.2, 0.25) is 5.02 Å². The second-order valence-corrected chi connectivity index (χ2v) is 22.4. The van der Waals surface area contributed by atoms with Crippen LogP contribution in [0.4, 0.5) is 0 Å². The van der Waals surface area contributed by atoms with Crippen molar-refractivity contribution in [1.29, 1.82) is 0 Å². The van der Waals surface area contributed by atoms with Crippen molar-refractivity contribution in [1.82, 2.24) is 10.6 Å². The van der Waals surface area contributed by atoms with Gasteiger partial charge in [0.25, 0.3) is 0 Å². The number of benzene rings is 1. The van der Waals surface area contributed by atoms with Crippen molar-refractivity contribution in [2.75, 3.05) is 13.6 Å². The van der Waals surface area contributed by atoms with Crippen LogP contribution < -0.4 is 10.6 Å². The molecule has 5 fully saturated rings. The van der Waals surface area contributed by atoms with E-state index in [1.165, 1.54) is 24.8 Å². The Balaban J connectivity index is 0.000000575. The molecule has 5 saturated carbocycles. The quantitative estimate of drug-likeness (QED) is 0.189. The highest BCUT2D eigenvalue weighted by Gasteiger charge is 2.66. The maximum atomic E-state index is 13.9. The van der Waals surface area contributed by atoms with Gasteiger partial charge in [0.1, 0.15) is 5.78 Å². The molecule has 11 atom stereocenters. The first-order valence-corrected chi connectivity index (χ1v) is 23.1. The number of aldehydes is 1. The third-order valence-corrected chi connectivity index (χ3v) is 18.2. The normalized spacial score (nSPS) is 37.1. The first kappa shape index (κ1) is 45.7. The summed E-state index contributed by atoms with van der Waals surface area (Å²) in [5.74, 6) is 1.93. The molecule has 1 aromatic rings. The summed E-state index contributed by atoms with van der Waals surface area (Å²) in [6.07, 6.45) is 11.6. The number of nitrogens with one attached hydrogen (secondary N) is 2. The lowest BCUT2D eigenvalue weighted by atomic mass is 9.35. The van der Waals surface area contributed by atoms with Gasteiger partial charge in [-0.2, -0.15) is 0 Å². The third kappa shape index (κ3) is 8.17. The number of carbonyl (C=O) groups excluding carboxylic acids is 4. The number of halogens is 1. The molecule has 0 spiro atoms. The highest BCUT2D eigenvalue weighted by molar-refractivity contribution is 6.32. The van der Waals surface area contributed by atoms with E-state index in [4.69, 9.17) is 11.6 Å². The fourth-order valence-corrected chi connectivity index (χ4v) is 14.5. The molecule has 1 aromatic carbocycles. The second-order valence-electron chi connectivity index (χ2n) is 21.9. The van der Waals surface area contributed by atoms with Gasteiger partial charge in [0.2, 0.25) is 5.91 Å². The molecule has 0 saturated heterocycles. The molecule has 1 amide bonds. The van der Waals surface area contributed by atoms with Gasteiger partial charge >= 0.3 is 5.97 Å². The SMILES string of the molecule is CNC(C)(C)CNC(=O)CC12CCC3C(CCC4C3(C)CCC3C(C)(C)C(CC(=O)C5CC(C(=O)O)C5C)CCC34C)C1=C(C(C)C)C(=O)C2.O=Cc1ccccc1Cl. The van der Waals surface area contributed by atoms with Crippen LogP contribution in [-0.2, 0) is 19.2 Å². The molecule has 3 N–H and O–H groups in total. The maximum absolute atomic E-state index is 13.9. The molecule has 7 rings (SSSR count). The molecular formula is C50H73ClN2O6. The number of Topliss-reactive ketones (excluding diaryl/α,β-unsaturated/α-hetero) is 2. The molecule has 0 aromatic heterocycles. The molecule has 0 heterocycles. The number of amides is 1. The summed E-state index contributed by atoms with van der Waals surface area (Å²) in [5, 5.41) is 16.5. The predicted octanol–water partition coefficient (Wildman–Crippen LogP) is 10.2. The lowest BCUT2D eigenvalue weighted by Crippen LogP contribution is -2.62. The fourth-order valence-electron chi connectivity index (χ4n) is 14.4. The number of ketones is 2. The highest BCUT2D eigenvalue weighted by Crippen LogP contribution is 2.74. The van der Waals surface area contributed by atoms with Crippen molar-refractivity contribution < 1.29 is 29.1 Å². The zero-order chi connectivity index (χ0) is 43.5. The molecule has 9 heteroatoms. The molecule has 0 bridgehead atoms. The molecule has 6 aliphatic rings. The number of hydrogen-bond donors (Lipinski definition) is 3. The van der Waals surface area contributed by atoms with Crippen LogP contribution in [0.3, 0.4) is 0 Å². The molecule has 11 unspecified atom stereocenters. The monoisotopic (exact) mass is 833 g/mol. The van der Waals surface area contributed by atoms with E-state index < -0.39 is 5.97 Å². The highest BCUT2D eigenvalue weighted by atomic mass is 35.5. The molecule has 6 aliphatic carbocycles. The maximum Gasteiger partial charge on any atom is 0.306 e. The van der Waals surface area contributed by atoms with Gasteiger partial charge in [-0.3, -0.25) is 24.0 Å². The first-order chi connectivity index (χ1) is 27.6. The lowest BCUT2D eigenvalue weighted by Gasteiger charge is -2.69. The van der Waals surface area contributed by atoms with Gasteiger partial charge < -0.3 is 15.7 Å². The molecule has 59 heavy (non-hydrogen) atoms. The zero-order valence-corrected chi connectivity index (χ0v) is 38.4. The minimum atomic E-state index is -0.759. The van der Waals surface area contributed by atoms with Gasteiger partial charge in [0.05, 0.1) is 10.9 Å². The Morgan fingerprint density at radius 3 is 2.22 bits per heavy atom. The van der Waals surface area contributed by atoms with Crippen molar-refractivity contribution in [2.24, 2.45) is 74.9 Å². The summed E-state index contributed by atoms with van der Waals surface area (Å²) in [4.78, 5) is 62.7. The number of rotatable bonds is 11. The topological polar surface area (TPSA) is 130 Å². The standard InChI is InChI=1S/C43H68N2O5.C7H5ClO/c1-24(2)36-32(47)21-43(22-35(48)45-23-39(4,5)44-10)18-14-30-27(37(36)43)11-12-34-41(30,8)17-15-33-40(6,7)26(13-16-42(33,34)9)19-31(46)28-20-29(25(28)3)38(49)50;8-7-4-2-1-3-6(7)5-9/h24-30,33-34,44H,11-23H2,1-10H3,(H,45,48)(H,49,50);1-5H. The minimum absolute atomic E-state index is 0.0438. The first-order valence-electron chi connectivity index (χ1n) is 22.8. The summed E-state index contributed by atoms with van der Waals surface area (Å²) in [7, 11) is 1.92. The number of carbonyl (C=O) groups is 5. The van der Waals surface area contributed by atoms with E-state index in [9.17, 15) is 29.1 Å². The number of aliphatic carboxylic acids is 1. The Morgan fingerprint density at radius 2 is 1.63 bits per heavy atom. The van der Waals surface area contributed by atoms with Crippen molar-refractivity contribution in [3.05, 3.63) is 46.0 Å². The van der Waals surface area contributed by atoms with Crippen molar-refractivity contribution in [2.45, 2.75) is 145 Å². The Labute approximate surface area is 359 Å². The van der Waals surface area contributed by atoms with E-state index in [0.29, 0.717) is 78.2 Å². The van der Waals surface area contributed by atoms with Gasteiger partial charge in [-0.25, -0.2) is 0 Å². The fraction of sp³-hybridized carbons (Fsp3) is 0.740. The summed E-state index contributed by atoms with van der Waals surface area (Å²) >= 11 is 5.59. The van der Waals surface area contributed by atoms with Gasteiger partial charge in [0, 0.05) is 48.2 Å². The van der Waals surface area contributed by atoms with Crippen LogP contribution >= 0.6 is 11.6 Å². The number of hydrogen-bond acceptors (Lipinski definition) is 6. The van der Waals surface area contributed by atoms with Crippen LogP contribution in [0.5, 0.6) is 0 Å². The van der Waals surface area contributed by atoms with E-state index in [0.717, 1.165) is 44.0 Å². The third-order valence-electron chi connectivity index (χ3n) is 17.9. The van der Waals surface area contributed by atoms with Crippen LogP contribution in [0.25, 0.3) is 0 Å². The summed E-state index contributed by atoms with van der Waals surface area (Å²) in [6, 6.07) is 6.92. The molecule has 0 radical (unpaired) electrons. The smallest absolute Gasteiger partial charge is 0.306 e. The number of carboxylic acids is 1. The van der Waals surface area contributed by atoms with Gasteiger partial charge in [0.15, 0.2) is 12.1 Å². The number of fused-ring (bicyclic) bond motifs is 7.